The van der Waals surface area contributed by atoms with Crippen LogP contribution in [0.5, 0.6) is 0 Å². The van der Waals surface area contributed by atoms with Crippen LogP contribution < -0.4 is 5.32 Å². The summed E-state index contributed by atoms with van der Waals surface area (Å²) < 4.78 is 6.34. The summed E-state index contributed by atoms with van der Waals surface area (Å²) in [7, 11) is 0. The van der Waals surface area contributed by atoms with Crippen molar-refractivity contribution < 1.29 is 4.74 Å². The van der Waals surface area contributed by atoms with Gasteiger partial charge in [-0.15, -0.1) is 0 Å². The van der Waals surface area contributed by atoms with Crippen LogP contribution in [0, 0.1) is 5.41 Å². The normalized spacial score (nSPS) is 41.8. The van der Waals surface area contributed by atoms with Gasteiger partial charge in [-0.2, -0.15) is 0 Å². The van der Waals surface area contributed by atoms with Crippen LogP contribution in [-0.4, -0.2) is 24.8 Å². The fraction of sp³-hybridized carbons (Fsp3) is 1.00. The second-order valence-corrected chi connectivity index (χ2v) is 5.51. The van der Waals surface area contributed by atoms with Gasteiger partial charge in [-0.05, 0) is 31.1 Å². The Hall–Kier alpha value is -0.0800. The van der Waals surface area contributed by atoms with Gasteiger partial charge in [-0.3, -0.25) is 0 Å². The third kappa shape index (κ3) is 1.49. The number of ether oxygens (including phenoxy) is 1. The lowest BCUT2D eigenvalue weighted by atomic mass is 9.76. The SMILES string of the molecule is CCC1CNCC2(CCCC2(C)C)O1. The minimum atomic E-state index is 0.131. The second kappa shape index (κ2) is 3.49. The third-order valence-corrected chi connectivity index (χ3v) is 4.25. The maximum absolute atomic E-state index is 6.34. The molecule has 0 aromatic heterocycles. The summed E-state index contributed by atoms with van der Waals surface area (Å²) in [5, 5.41) is 3.55. The molecule has 1 aliphatic heterocycles. The molecule has 1 N–H and O–H groups in total. The maximum atomic E-state index is 6.34. The van der Waals surface area contributed by atoms with Crippen LogP contribution in [0.3, 0.4) is 0 Å². The summed E-state index contributed by atoms with van der Waals surface area (Å²) in [6, 6.07) is 0. The Labute approximate surface area is 87.4 Å². The molecule has 2 atom stereocenters. The molecule has 2 fully saturated rings. The minimum Gasteiger partial charge on any atom is -0.369 e. The van der Waals surface area contributed by atoms with E-state index in [4.69, 9.17) is 4.74 Å². The highest BCUT2D eigenvalue weighted by Gasteiger charge is 2.51. The van der Waals surface area contributed by atoms with E-state index < -0.39 is 0 Å². The van der Waals surface area contributed by atoms with Gasteiger partial charge < -0.3 is 10.1 Å². The van der Waals surface area contributed by atoms with Gasteiger partial charge in [-0.1, -0.05) is 20.8 Å². The number of rotatable bonds is 1. The lowest BCUT2D eigenvalue weighted by Gasteiger charge is -2.47. The maximum Gasteiger partial charge on any atom is 0.0861 e. The molecule has 14 heavy (non-hydrogen) atoms. The summed E-state index contributed by atoms with van der Waals surface area (Å²) in [5.74, 6) is 0. The standard InChI is InChI=1S/C12H23NO/c1-4-10-8-13-9-12(14-10)7-5-6-11(12,2)3/h10,13H,4-9H2,1-3H3. The molecule has 1 spiro atoms. The zero-order chi connectivity index (χ0) is 10.2. The first-order valence-corrected chi connectivity index (χ1v) is 5.98. The van der Waals surface area contributed by atoms with E-state index in [2.05, 4.69) is 26.1 Å². The van der Waals surface area contributed by atoms with Gasteiger partial charge in [0.25, 0.3) is 0 Å². The average molecular weight is 197 g/mol. The van der Waals surface area contributed by atoms with E-state index in [-0.39, 0.29) is 5.60 Å². The minimum absolute atomic E-state index is 0.131. The second-order valence-electron chi connectivity index (χ2n) is 5.51. The van der Waals surface area contributed by atoms with Crippen molar-refractivity contribution >= 4 is 0 Å². The summed E-state index contributed by atoms with van der Waals surface area (Å²) in [5.41, 5.74) is 0.486. The van der Waals surface area contributed by atoms with Crippen molar-refractivity contribution in [3.05, 3.63) is 0 Å². The fourth-order valence-electron chi connectivity index (χ4n) is 2.99. The van der Waals surface area contributed by atoms with Crippen molar-refractivity contribution in [1.29, 1.82) is 0 Å². The van der Waals surface area contributed by atoms with Crippen molar-refractivity contribution in [1.82, 2.24) is 5.32 Å². The van der Waals surface area contributed by atoms with E-state index in [0.717, 1.165) is 19.5 Å². The van der Waals surface area contributed by atoms with Crippen molar-refractivity contribution in [2.24, 2.45) is 5.41 Å². The fourth-order valence-corrected chi connectivity index (χ4v) is 2.99. The summed E-state index contributed by atoms with van der Waals surface area (Å²) in [4.78, 5) is 0. The summed E-state index contributed by atoms with van der Waals surface area (Å²) in [6.07, 6.45) is 5.44. The first-order valence-electron chi connectivity index (χ1n) is 5.98. The number of nitrogens with one attached hydrogen (secondary N) is 1. The number of hydrogen-bond donors (Lipinski definition) is 1. The Kier molecular flexibility index (Phi) is 2.61. The van der Waals surface area contributed by atoms with Gasteiger partial charge >= 0.3 is 0 Å². The van der Waals surface area contributed by atoms with Crippen molar-refractivity contribution in [2.75, 3.05) is 13.1 Å². The Morgan fingerprint density at radius 2 is 2.14 bits per heavy atom. The highest BCUT2D eigenvalue weighted by atomic mass is 16.5. The molecular formula is C12H23NO. The third-order valence-electron chi connectivity index (χ3n) is 4.25. The van der Waals surface area contributed by atoms with Gasteiger partial charge in [0, 0.05) is 13.1 Å². The molecule has 2 aliphatic rings. The van der Waals surface area contributed by atoms with Crippen molar-refractivity contribution in [2.45, 2.75) is 58.2 Å². The molecule has 82 valence electrons. The highest BCUT2D eigenvalue weighted by Crippen LogP contribution is 2.49. The van der Waals surface area contributed by atoms with Gasteiger partial charge in [0.2, 0.25) is 0 Å². The molecule has 0 radical (unpaired) electrons. The topological polar surface area (TPSA) is 21.3 Å². The molecule has 2 unspecified atom stereocenters. The molecule has 0 aromatic carbocycles. The number of morpholine rings is 1. The summed E-state index contributed by atoms with van der Waals surface area (Å²) >= 11 is 0. The van der Waals surface area contributed by atoms with Gasteiger partial charge in [0.15, 0.2) is 0 Å². The lowest BCUT2D eigenvalue weighted by Crippen LogP contribution is -2.58. The van der Waals surface area contributed by atoms with Crippen LogP contribution in [0.1, 0.15) is 46.5 Å². The smallest absolute Gasteiger partial charge is 0.0861 e. The average Bonchev–Trinajstić information content (AvgIpc) is 2.43. The molecule has 2 heteroatoms. The molecular weight excluding hydrogens is 174 g/mol. The Balaban J connectivity index is 2.14. The molecule has 2 rings (SSSR count). The van der Waals surface area contributed by atoms with E-state index in [1.807, 2.05) is 0 Å². The van der Waals surface area contributed by atoms with Crippen LogP contribution in [0.2, 0.25) is 0 Å². The highest BCUT2D eigenvalue weighted by molar-refractivity contribution is 5.04. The molecule has 2 nitrogen and oxygen atoms in total. The quantitative estimate of drug-likeness (QED) is 0.696. The van der Waals surface area contributed by atoms with E-state index >= 15 is 0 Å². The van der Waals surface area contributed by atoms with E-state index in [9.17, 15) is 0 Å². The molecule has 0 aromatic rings. The predicted octanol–water partition coefficient (Wildman–Crippen LogP) is 2.33. The molecule has 1 saturated carbocycles. The van der Waals surface area contributed by atoms with Crippen LogP contribution in [0.15, 0.2) is 0 Å². The molecule has 1 heterocycles. The van der Waals surface area contributed by atoms with E-state index in [1.165, 1.54) is 19.3 Å². The van der Waals surface area contributed by atoms with Gasteiger partial charge in [-0.25, -0.2) is 0 Å². The molecule has 0 amide bonds. The molecule has 1 saturated heterocycles. The zero-order valence-corrected chi connectivity index (χ0v) is 9.73. The van der Waals surface area contributed by atoms with Gasteiger partial charge in [0.05, 0.1) is 11.7 Å². The Morgan fingerprint density at radius 3 is 2.71 bits per heavy atom. The monoisotopic (exact) mass is 197 g/mol. The Morgan fingerprint density at radius 1 is 1.36 bits per heavy atom. The van der Waals surface area contributed by atoms with Crippen LogP contribution in [0.4, 0.5) is 0 Å². The largest absolute Gasteiger partial charge is 0.369 e. The lowest BCUT2D eigenvalue weighted by molar-refractivity contribution is -0.161. The Bertz CT molecular complexity index is 214. The van der Waals surface area contributed by atoms with Crippen molar-refractivity contribution in [3.8, 4) is 0 Å². The number of hydrogen-bond acceptors (Lipinski definition) is 2. The van der Waals surface area contributed by atoms with Crippen molar-refractivity contribution in [3.63, 3.8) is 0 Å². The van der Waals surface area contributed by atoms with Crippen LogP contribution in [0.25, 0.3) is 0 Å². The summed E-state index contributed by atoms with van der Waals surface area (Å²) in [6.45, 7) is 9.03. The van der Waals surface area contributed by atoms with E-state index in [1.54, 1.807) is 0 Å². The first-order chi connectivity index (χ1) is 6.60. The van der Waals surface area contributed by atoms with Gasteiger partial charge in [0.1, 0.15) is 0 Å². The van der Waals surface area contributed by atoms with Crippen LogP contribution in [-0.2, 0) is 4.74 Å². The zero-order valence-electron chi connectivity index (χ0n) is 9.73. The van der Waals surface area contributed by atoms with E-state index in [0.29, 0.717) is 11.5 Å². The van der Waals surface area contributed by atoms with Crippen LogP contribution >= 0.6 is 0 Å². The predicted molar refractivity (Wildman–Crippen MR) is 58.4 cm³/mol. The first kappa shape index (κ1) is 10.4. The molecule has 0 bridgehead atoms. The molecule has 1 aliphatic carbocycles.